The average Bonchev–Trinajstić information content (AvgIpc) is 2.72. The van der Waals surface area contributed by atoms with E-state index in [0.29, 0.717) is 12.8 Å². The van der Waals surface area contributed by atoms with Crippen molar-refractivity contribution in [3.8, 4) is 0 Å². The molecule has 0 aliphatic heterocycles. The van der Waals surface area contributed by atoms with E-state index >= 15 is 0 Å². The summed E-state index contributed by atoms with van der Waals surface area (Å²) >= 11 is 0. The molecule has 0 aromatic rings. The number of hydrogen-bond acceptors (Lipinski definition) is 7. The minimum atomic E-state index is -3.65. The molecule has 0 unspecified atom stereocenters. The lowest BCUT2D eigenvalue weighted by Crippen LogP contribution is -2.39. The second kappa shape index (κ2) is 6.31. The molecule has 1 aliphatic carbocycles. The smallest absolute Gasteiger partial charge is 0.269 e. The van der Waals surface area contributed by atoms with Crippen LogP contribution in [0.5, 0.6) is 0 Å². The van der Waals surface area contributed by atoms with E-state index in [4.69, 9.17) is 4.74 Å². The van der Waals surface area contributed by atoms with E-state index in [2.05, 4.69) is 8.37 Å². The van der Waals surface area contributed by atoms with Gasteiger partial charge in [-0.2, -0.15) is 16.8 Å². The minimum Gasteiger partial charge on any atom is -0.371 e. The van der Waals surface area contributed by atoms with E-state index < -0.39 is 25.8 Å². The maximum absolute atomic E-state index is 11.5. The molecule has 0 saturated carbocycles. The lowest BCUT2D eigenvalue weighted by molar-refractivity contribution is -0.0312. The van der Waals surface area contributed by atoms with Crippen LogP contribution in [0.1, 0.15) is 12.8 Å². The molecule has 0 saturated heterocycles. The van der Waals surface area contributed by atoms with Crippen LogP contribution in [0.4, 0.5) is 0 Å². The molecule has 0 aromatic carbocycles. The summed E-state index contributed by atoms with van der Waals surface area (Å²) < 4.78 is 59.0. The molecule has 0 bridgehead atoms. The van der Waals surface area contributed by atoms with Crippen LogP contribution in [0.2, 0.25) is 0 Å². The lowest BCUT2D eigenvalue weighted by atomic mass is 10.0. The zero-order valence-electron chi connectivity index (χ0n) is 10.9. The zero-order chi connectivity index (χ0) is 14.6. The van der Waals surface area contributed by atoms with E-state index in [1.54, 1.807) is 0 Å². The van der Waals surface area contributed by atoms with Gasteiger partial charge < -0.3 is 4.74 Å². The fraction of sp³-hybridized carbons (Fsp3) is 0.800. The van der Waals surface area contributed by atoms with E-state index in [0.717, 1.165) is 13.4 Å². The SMILES string of the molecule is COS(=O)(=O)CC1(OCCOS(C)(=O)=O)CC=CC1. The van der Waals surface area contributed by atoms with Crippen molar-refractivity contribution >= 4 is 20.2 Å². The van der Waals surface area contributed by atoms with Crippen LogP contribution < -0.4 is 0 Å². The Hall–Kier alpha value is -0.480. The molecular weight excluding hydrogens is 296 g/mol. The van der Waals surface area contributed by atoms with Gasteiger partial charge in [-0.3, -0.25) is 8.37 Å². The van der Waals surface area contributed by atoms with Crippen molar-refractivity contribution in [1.82, 2.24) is 0 Å². The first-order valence-corrected chi connectivity index (χ1v) is 8.99. The average molecular weight is 314 g/mol. The molecule has 0 spiro atoms. The maximum Gasteiger partial charge on any atom is 0.269 e. The lowest BCUT2D eigenvalue weighted by Gasteiger charge is -2.28. The van der Waals surface area contributed by atoms with Crippen molar-refractivity contribution in [2.24, 2.45) is 0 Å². The van der Waals surface area contributed by atoms with Crippen LogP contribution in [0.25, 0.3) is 0 Å². The summed E-state index contributed by atoms with van der Waals surface area (Å²) in [6.45, 7) is -0.151. The molecule has 0 atom stereocenters. The number of ether oxygens (including phenoxy) is 1. The van der Waals surface area contributed by atoms with Crippen molar-refractivity contribution in [1.29, 1.82) is 0 Å². The summed E-state index contributed by atoms with van der Waals surface area (Å²) in [5.41, 5.74) is -0.893. The van der Waals surface area contributed by atoms with Crippen molar-refractivity contribution in [3.05, 3.63) is 12.2 Å². The predicted molar refractivity (Wildman–Crippen MR) is 68.6 cm³/mol. The maximum atomic E-state index is 11.5. The first-order chi connectivity index (χ1) is 8.68. The van der Waals surface area contributed by atoms with Gasteiger partial charge in [-0.15, -0.1) is 0 Å². The fourth-order valence-corrected chi connectivity index (χ4v) is 3.23. The third-order valence-corrected chi connectivity index (χ3v) is 4.61. The topological polar surface area (TPSA) is 96.0 Å². The molecule has 0 heterocycles. The Morgan fingerprint density at radius 2 is 1.68 bits per heavy atom. The van der Waals surface area contributed by atoms with Crippen LogP contribution in [0.15, 0.2) is 12.2 Å². The highest BCUT2D eigenvalue weighted by Crippen LogP contribution is 2.29. The summed E-state index contributed by atoms with van der Waals surface area (Å²) in [4.78, 5) is 0. The van der Waals surface area contributed by atoms with E-state index in [1.165, 1.54) is 0 Å². The molecule has 1 rings (SSSR count). The van der Waals surface area contributed by atoms with E-state index in [-0.39, 0.29) is 19.0 Å². The Bertz CT molecular complexity index is 510. The van der Waals surface area contributed by atoms with Crippen molar-refractivity contribution in [2.45, 2.75) is 18.4 Å². The summed E-state index contributed by atoms with van der Waals surface area (Å²) in [6, 6.07) is 0. The summed E-state index contributed by atoms with van der Waals surface area (Å²) in [5.74, 6) is -0.275. The van der Waals surface area contributed by atoms with E-state index in [9.17, 15) is 16.8 Å². The minimum absolute atomic E-state index is 0.00597. The first kappa shape index (κ1) is 16.6. The van der Waals surface area contributed by atoms with Crippen LogP contribution in [0, 0.1) is 0 Å². The van der Waals surface area contributed by atoms with Gasteiger partial charge in [0.25, 0.3) is 20.2 Å². The van der Waals surface area contributed by atoms with Crippen LogP contribution in [-0.2, 0) is 33.3 Å². The van der Waals surface area contributed by atoms with Gasteiger partial charge in [0, 0.05) is 0 Å². The summed E-state index contributed by atoms with van der Waals surface area (Å²) in [5, 5.41) is 0. The Morgan fingerprint density at radius 1 is 1.11 bits per heavy atom. The third kappa shape index (κ3) is 6.00. The summed E-state index contributed by atoms with van der Waals surface area (Å²) in [6.07, 6.45) is 5.46. The highest BCUT2D eigenvalue weighted by atomic mass is 32.2. The van der Waals surface area contributed by atoms with Gasteiger partial charge in [-0.1, -0.05) is 12.2 Å². The molecule has 7 nitrogen and oxygen atoms in total. The van der Waals surface area contributed by atoms with Gasteiger partial charge in [0.05, 0.1) is 32.2 Å². The Kier molecular flexibility index (Phi) is 5.51. The second-order valence-corrected chi connectivity index (χ2v) is 7.69. The van der Waals surface area contributed by atoms with Gasteiger partial charge >= 0.3 is 0 Å². The van der Waals surface area contributed by atoms with Gasteiger partial charge in [0.15, 0.2) is 0 Å². The highest BCUT2D eigenvalue weighted by Gasteiger charge is 2.37. The van der Waals surface area contributed by atoms with Crippen LogP contribution >= 0.6 is 0 Å². The largest absolute Gasteiger partial charge is 0.371 e. The van der Waals surface area contributed by atoms with Crippen molar-refractivity contribution in [3.63, 3.8) is 0 Å². The molecular formula is C10H18O7S2. The molecule has 0 N–H and O–H groups in total. The van der Waals surface area contributed by atoms with Gasteiger partial charge in [-0.25, -0.2) is 0 Å². The number of hydrogen-bond donors (Lipinski definition) is 0. The van der Waals surface area contributed by atoms with Gasteiger partial charge in [0.1, 0.15) is 5.75 Å². The normalized spacial score (nSPS) is 18.8. The molecule has 9 heteroatoms. The predicted octanol–water partition coefficient (Wildman–Crippen LogP) is 0.0442. The Balaban J connectivity index is 2.54. The van der Waals surface area contributed by atoms with Crippen LogP contribution in [0.3, 0.4) is 0 Å². The van der Waals surface area contributed by atoms with E-state index in [1.807, 2.05) is 12.2 Å². The van der Waals surface area contributed by atoms with Crippen molar-refractivity contribution in [2.75, 3.05) is 32.3 Å². The summed E-state index contributed by atoms with van der Waals surface area (Å²) in [7, 11) is -6.07. The Labute approximate surface area is 113 Å². The standard InChI is InChI=1S/C10H18O7S2/c1-15-19(13,14)9-10(5-3-4-6-10)16-7-8-17-18(2,11)12/h3-4H,5-9H2,1-2H3. The third-order valence-electron chi connectivity index (χ3n) is 2.63. The fourth-order valence-electron chi connectivity index (χ4n) is 1.78. The number of rotatable bonds is 8. The quantitative estimate of drug-likeness (QED) is 0.354. The second-order valence-electron chi connectivity index (χ2n) is 4.31. The zero-order valence-corrected chi connectivity index (χ0v) is 12.5. The molecule has 19 heavy (non-hydrogen) atoms. The van der Waals surface area contributed by atoms with Crippen LogP contribution in [-0.4, -0.2) is 54.8 Å². The molecule has 0 amide bonds. The molecule has 112 valence electrons. The molecule has 0 radical (unpaired) electrons. The highest BCUT2D eigenvalue weighted by molar-refractivity contribution is 7.86. The molecule has 0 fully saturated rings. The van der Waals surface area contributed by atoms with Crippen molar-refractivity contribution < 1.29 is 29.9 Å². The van der Waals surface area contributed by atoms with Gasteiger partial charge in [0.2, 0.25) is 0 Å². The molecule has 1 aliphatic rings. The monoisotopic (exact) mass is 314 g/mol. The molecule has 0 aromatic heterocycles. The van der Waals surface area contributed by atoms with Gasteiger partial charge in [-0.05, 0) is 12.8 Å². The Morgan fingerprint density at radius 3 is 2.16 bits per heavy atom. The first-order valence-electron chi connectivity index (χ1n) is 5.60.